The van der Waals surface area contributed by atoms with E-state index in [2.05, 4.69) is 15.2 Å². The zero-order valence-electron chi connectivity index (χ0n) is 19.8. The highest BCUT2D eigenvalue weighted by atomic mass is 19.1. The van der Waals surface area contributed by atoms with Crippen LogP contribution in [0.5, 0.6) is 0 Å². The van der Waals surface area contributed by atoms with Crippen LogP contribution in [0.1, 0.15) is 32.0 Å². The molecule has 0 unspecified atom stereocenters. The smallest absolute Gasteiger partial charge is 0.272 e. The van der Waals surface area contributed by atoms with Crippen LogP contribution in [0.25, 0.3) is 10.9 Å². The van der Waals surface area contributed by atoms with Crippen molar-refractivity contribution in [2.75, 3.05) is 36.4 Å². The summed E-state index contributed by atoms with van der Waals surface area (Å²) in [5.74, 6) is -0.680. The molecule has 2 heterocycles. The molecule has 35 heavy (non-hydrogen) atoms. The number of fused-ring (bicyclic) bond motifs is 1. The van der Waals surface area contributed by atoms with E-state index in [9.17, 15) is 14.0 Å². The van der Waals surface area contributed by atoms with E-state index in [1.54, 1.807) is 23.1 Å². The molecule has 1 aliphatic heterocycles. The van der Waals surface area contributed by atoms with E-state index >= 15 is 0 Å². The minimum Gasteiger partial charge on any atom is -0.368 e. The van der Waals surface area contributed by atoms with Gasteiger partial charge in [0.15, 0.2) is 0 Å². The first-order chi connectivity index (χ1) is 16.9. The Morgan fingerprint density at radius 1 is 0.886 bits per heavy atom. The molecule has 0 spiro atoms. The molecule has 0 aliphatic carbocycles. The molecule has 0 bridgehead atoms. The van der Waals surface area contributed by atoms with Crippen molar-refractivity contribution < 1.29 is 14.0 Å². The zero-order valence-corrected chi connectivity index (χ0v) is 19.8. The number of halogens is 1. The van der Waals surface area contributed by atoms with E-state index in [4.69, 9.17) is 0 Å². The summed E-state index contributed by atoms with van der Waals surface area (Å²) in [4.78, 5) is 33.9. The van der Waals surface area contributed by atoms with E-state index in [1.165, 1.54) is 12.1 Å². The lowest BCUT2D eigenvalue weighted by atomic mass is 10.1. The number of carbonyl (C=O) groups excluding carboxylic acids is 2. The lowest BCUT2D eigenvalue weighted by molar-refractivity contribution is 0.0743. The van der Waals surface area contributed by atoms with Crippen molar-refractivity contribution in [3.05, 3.63) is 94.9 Å². The summed E-state index contributed by atoms with van der Waals surface area (Å²) in [6.45, 7) is 6.25. The predicted octanol–water partition coefficient (Wildman–Crippen LogP) is 5.14. The molecule has 5 rings (SSSR count). The normalized spacial score (nSPS) is 13.8. The number of rotatable bonds is 4. The van der Waals surface area contributed by atoms with E-state index < -0.39 is 0 Å². The minimum absolute atomic E-state index is 0.155. The molecule has 3 aromatic carbocycles. The molecule has 2 amide bonds. The molecule has 1 aromatic heterocycles. The molecule has 0 saturated carbocycles. The first kappa shape index (κ1) is 22.7. The van der Waals surface area contributed by atoms with Gasteiger partial charge in [0.25, 0.3) is 11.8 Å². The number of nitrogens with one attached hydrogen (secondary N) is 2. The van der Waals surface area contributed by atoms with Crippen LogP contribution in [-0.4, -0.2) is 47.9 Å². The predicted molar refractivity (Wildman–Crippen MR) is 137 cm³/mol. The van der Waals surface area contributed by atoms with Crippen LogP contribution in [0.3, 0.4) is 0 Å². The van der Waals surface area contributed by atoms with Gasteiger partial charge >= 0.3 is 0 Å². The molecule has 1 aliphatic rings. The van der Waals surface area contributed by atoms with Crippen LogP contribution < -0.4 is 10.2 Å². The number of hydrogen-bond donors (Lipinski definition) is 2. The first-order valence-corrected chi connectivity index (χ1v) is 11.7. The van der Waals surface area contributed by atoms with Gasteiger partial charge in [-0.3, -0.25) is 9.59 Å². The lowest BCUT2D eigenvalue weighted by Crippen LogP contribution is -2.49. The van der Waals surface area contributed by atoms with Crippen molar-refractivity contribution in [3.8, 4) is 0 Å². The highest BCUT2D eigenvalue weighted by molar-refractivity contribution is 6.15. The number of piperazine rings is 1. The third-order valence-electron chi connectivity index (χ3n) is 6.45. The second-order valence-corrected chi connectivity index (χ2v) is 9.00. The molecule has 6 nitrogen and oxygen atoms in total. The Balaban J connectivity index is 1.41. The van der Waals surface area contributed by atoms with Crippen molar-refractivity contribution in [1.82, 2.24) is 9.88 Å². The van der Waals surface area contributed by atoms with Crippen LogP contribution in [0.4, 0.5) is 15.8 Å². The van der Waals surface area contributed by atoms with Gasteiger partial charge in [0.1, 0.15) is 11.5 Å². The monoisotopic (exact) mass is 470 g/mol. The van der Waals surface area contributed by atoms with Gasteiger partial charge in [-0.25, -0.2) is 4.39 Å². The standard InChI is InChI=1S/C28H27FN4O2/c1-18-4-3-5-20(16-18)27(34)31-25-23-17-19(2)6-11-24(23)30-26(25)28(35)33-14-12-32(13-15-33)22-9-7-21(29)8-10-22/h3-11,16-17,30H,12-15H2,1-2H3,(H,31,34). The number of carbonyl (C=O) groups is 2. The summed E-state index contributed by atoms with van der Waals surface area (Å²) < 4.78 is 13.3. The van der Waals surface area contributed by atoms with Crippen molar-refractivity contribution in [1.29, 1.82) is 0 Å². The molecular weight excluding hydrogens is 443 g/mol. The molecule has 7 heteroatoms. The second-order valence-electron chi connectivity index (χ2n) is 9.00. The Kier molecular flexibility index (Phi) is 5.99. The number of benzene rings is 3. The van der Waals surface area contributed by atoms with Gasteiger partial charge in [-0.1, -0.05) is 29.3 Å². The van der Waals surface area contributed by atoms with Crippen molar-refractivity contribution in [2.45, 2.75) is 13.8 Å². The third kappa shape index (κ3) is 4.62. The van der Waals surface area contributed by atoms with Crippen LogP contribution in [-0.2, 0) is 0 Å². The molecule has 2 N–H and O–H groups in total. The Morgan fingerprint density at radius 2 is 1.60 bits per heavy atom. The van der Waals surface area contributed by atoms with Gasteiger partial charge in [-0.2, -0.15) is 0 Å². The number of hydrogen-bond acceptors (Lipinski definition) is 3. The van der Waals surface area contributed by atoms with Gasteiger partial charge in [-0.15, -0.1) is 0 Å². The lowest BCUT2D eigenvalue weighted by Gasteiger charge is -2.36. The van der Waals surface area contributed by atoms with Gasteiger partial charge in [0.05, 0.1) is 5.69 Å². The number of nitrogens with zero attached hydrogens (tertiary/aromatic N) is 2. The van der Waals surface area contributed by atoms with Crippen LogP contribution in [0, 0.1) is 19.7 Å². The molecule has 4 aromatic rings. The average molecular weight is 471 g/mol. The Hall–Kier alpha value is -4.13. The summed E-state index contributed by atoms with van der Waals surface area (Å²) in [5.41, 5.74) is 5.17. The fourth-order valence-electron chi connectivity index (χ4n) is 4.55. The van der Waals surface area contributed by atoms with E-state index in [0.29, 0.717) is 43.1 Å². The zero-order chi connectivity index (χ0) is 24.5. The number of aromatic nitrogens is 1. The molecule has 0 radical (unpaired) electrons. The maximum absolute atomic E-state index is 13.6. The number of aromatic amines is 1. The molecule has 1 saturated heterocycles. The molecular formula is C28H27FN4O2. The number of aryl methyl sites for hydroxylation is 2. The van der Waals surface area contributed by atoms with E-state index in [1.807, 2.05) is 50.2 Å². The summed E-state index contributed by atoms with van der Waals surface area (Å²) in [6.07, 6.45) is 0. The SMILES string of the molecule is Cc1cccc(C(=O)Nc2c(C(=O)N3CCN(c4ccc(F)cc4)CC3)[nH]c3ccc(C)cc23)c1. The van der Waals surface area contributed by atoms with Gasteiger partial charge in [0.2, 0.25) is 0 Å². The fraction of sp³-hybridized carbons (Fsp3) is 0.214. The largest absolute Gasteiger partial charge is 0.368 e. The van der Waals surface area contributed by atoms with Crippen molar-refractivity contribution in [2.24, 2.45) is 0 Å². The quantitative estimate of drug-likeness (QED) is 0.434. The average Bonchev–Trinajstić information content (AvgIpc) is 3.21. The van der Waals surface area contributed by atoms with E-state index in [0.717, 1.165) is 27.7 Å². The van der Waals surface area contributed by atoms with Crippen LogP contribution >= 0.6 is 0 Å². The summed E-state index contributed by atoms with van der Waals surface area (Å²) in [7, 11) is 0. The highest BCUT2D eigenvalue weighted by Crippen LogP contribution is 2.31. The van der Waals surface area contributed by atoms with Crippen molar-refractivity contribution >= 4 is 34.1 Å². The second kappa shape index (κ2) is 9.25. The van der Waals surface area contributed by atoms with Crippen LogP contribution in [0.2, 0.25) is 0 Å². The molecule has 1 fully saturated rings. The number of anilines is 2. The molecule has 0 atom stereocenters. The topological polar surface area (TPSA) is 68.4 Å². The maximum Gasteiger partial charge on any atom is 0.272 e. The van der Waals surface area contributed by atoms with Crippen LogP contribution in [0.15, 0.2) is 66.7 Å². The van der Waals surface area contributed by atoms with Gasteiger partial charge in [0, 0.05) is 48.3 Å². The maximum atomic E-state index is 13.6. The summed E-state index contributed by atoms with van der Waals surface area (Å²) in [5, 5.41) is 3.81. The Bertz CT molecular complexity index is 1400. The third-order valence-corrected chi connectivity index (χ3v) is 6.45. The number of amides is 2. The highest BCUT2D eigenvalue weighted by Gasteiger charge is 2.27. The number of H-pyrrole nitrogens is 1. The Morgan fingerprint density at radius 3 is 2.31 bits per heavy atom. The fourth-order valence-corrected chi connectivity index (χ4v) is 4.55. The molecule has 178 valence electrons. The first-order valence-electron chi connectivity index (χ1n) is 11.7. The summed E-state index contributed by atoms with van der Waals surface area (Å²) in [6, 6.07) is 19.6. The van der Waals surface area contributed by atoms with Gasteiger partial charge in [-0.05, 0) is 62.4 Å². The minimum atomic E-state index is -0.267. The Labute approximate surface area is 203 Å². The van der Waals surface area contributed by atoms with E-state index in [-0.39, 0.29) is 17.6 Å². The van der Waals surface area contributed by atoms with Gasteiger partial charge < -0.3 is 20.1 Å². The van der Waals surface area contributed by atoms with Crippen molar-refractivity contribution in [3.63, 3.8) is 0 Å². The summed E-state index contributed by atoms with van der Waals surface area (Å²) >= 11 is 0.